The van der Waals surface area contributed by atoms with Crippen molar-refractivity contribution in [1.29, 1.82) is 0 Å². The van der Waals surface area contributed by atoms with Crippen LogP contribution < -0.4 is 10.1 Å². The molecule has 6 heteroatoms. The lowest BCUT2D eigenvalue weighted by Gasteiger charge is -2.24. The van der Waals surface area contributed by atoms with E-state index in [-0.39, 0.29) is 11.3 Å². The van der Waals surface area contributed by atoms with Gasteiger partial charge in [-0.25, -0.2) is 0 Å². The molecule has 2 N–H and O–H groups in total. The van der Waals surface area contributed by atoms with Crippen LogP contribution in [0.5, 0.6) is 5.75 Å². The number of carbonyl (C=O) groups excluding carboxylic acids is 1. The van der Waals surface area contributed by atoms with Gasteiger partial charge in [-0.15, -0.1) is 0 Å². The summed E-state index contributed by atoms with van der Waals surface area (Å²) in [5.74, 6) is -2.48. The van der Waals surface area contributed by atoms with Crippen LogP contribution in [-0.2, 0) is 19.7 Å². The summed E-state index contributed by atoms with van der Waals surface area (Å²) in [6.07, 6.45) is 2.44. The van der Waals surface area contributed by atoms with Crippen molar-refractivity contribution in [3.05, 3.63) is 35.9 Å². The average Bonchev–Trinajstić information content (AvgIpc) is 3.14. The van der Waals surface area contributed by atoms with Gasteiger partial charge in [0, 0.05) is 0 Å². The number of carboxylic acid groups (broad SMARTS) is 1. The molecule has 1 saturated heterocycles. The highest BCUT2D eigenvalue weighted by Crippen LogP contribution is 2.40. The van der Waals surface area contributed by atoms with Gasteiger partial charge in [0.2, 0.25) is 5.91 Å². The summed E-state index contributed by atoms with van der Waals surface area (Å²) >= 11 is 0. The van der Waals surface area contributed by atoms with Crippen molar-refractivity contribution in [2.75, 3.05) is 12.4 Å². The smallest absolute Gasteiger partial charge is 0.310 e. The Bertz CT molecular complexity index is 734. The van der Waals surface area contributed by atoms with E-state index in [9.17, 15) is 14.7 Å². The number of amides is 1. The Morgan fingerprint density at radius 3 is 2.36 bits per heavy atom. The van der Waals surface area contributed by atoms with E-state index in [1.807, 2.05) is 18.2 Å². The maximum atomic E-state index is 12.8. The average molecular weight is 345 g/mol. The number of hydrogen-bond acceptors (Lipinski definition) is 4. The fraction of sp³-hybridized carbons (Fsp3) is 0.474. The van der Waals surface area contributed by atoms with Gasteiger partial charge in [0.25, 0.3) is 0 Å². The summed E-state index contributed by atoms with van der Waals surface area (Å²) in [4.78, 5) is 24.4. The van der Waals surface area contributed by atoms with E-state index < -0.39 is 30.0 Å². The minimum absolute atomic E-state index is 0.0897. The number of carboxylic acids is 1. The Labute approximate surface area is 146 Å². The summed E-state index contributed by atoms with van der Waals surface area (Å²) in [6.45, 7) is 6.24. The highest BCUT2D eigenvalue weighted by Gasteiger charge is 2.53. The topological polar surface area (TPSA) is 84.9 Å². The number of rotatable bonds is 4. The third-order valence-corrected chi connectivity index (χ3v) is 4.81. The van der Waals surface area contributed by atoms with Crippen LogP contribution in [0.1, 0.15) is 26.3 Å². The maximum Gasteiger partial charge on any atom is 0.310 e. The summed E-state index contributed by atoms with van der Waals surface area (Å²) in [6, 6.07) is 5.64. The monoisotopic (exact) mass is 345 g/mol. The molecule has 4 atom stereocenters. The number of methoxy groups -OCH3 is 1. The molecular weight excluding hydrogens is 322 g/mol. The number of ether oxygens (including phenoxy) is 2. The lowest BCUT2D eigenvalue weighted by Crippen LogP contribution is -2.39. The minimum atomic E-state index is -1.02. The lowest BCUT2D eigenvalue weighted by atomic mass is 9.82. The first-order valence-corrected chi connectivity index (χ1v) is 8.28. The second-order valence-corrected chi connectivity index (χ2v) is 7.49. The van der Waals surface area contributed by atoms with Gasteiger partial charge in [0.15, 0.2) is 0 Å². The molecule has 0 radical (unpaired) electrons. The SMILES string of the molecule is COc1ccc(C(C)(C)C)cc1NC(=O)[C@H]1[C@@H](C(=O)O)[C@H]2C=C[C@@H]1O2. The quantitative estimate of drug-likeness (QED) is 0.820. The second kappa shape index (κ2) is 6.19. The summed E-state index contributed by atoms with van der Waals surface area (Å²) in [5, 5.41) is 12.3. The highest BCUT2D eigenvalue weighted by atomic mass is 16.5. The predicted octanol–water partition coefficient (Wildman–Crippen LogP) is 2.59. The number of anilines is 1. The van der Waals surface area contributed by atoms with Crippen molar-refractivity contribution in [3.63, 3.8) is 0 Å². The van der Waals surface area contributed by atoms with Crippen molar-refractivity contribution in [2.24, 2.45) is 11.8 Å². The maximum absolute atomic E-state index is 12.8. The number of aliphatic carboxylic acids is 1. The zero-order valence-electron chi connectivity index (χ0n) is 14.8. The third kappa shape index (κ3) is 3.14. The number of hydrogen-bond donors (Lipinski definition) is 2. The molecule has 0 saturated carbocycles. The van der Waals surface area contributed by atoms with Crippen LogP contribution in [0.3, 0.4) is 0 Å². The first-order valence-electron chi connectivity index (χ1n) is 8.28. The molecule has 0 aromatic heterocycles. The fourth-order valence-electron chi connectivity index (χ4n) is 3.40. The van der Waals surface area contributed by atoms with Crippen LogP contribution in [0.2, 0.25) is 0 Å². The number of carbonyl (C=O) groups is 2. The van der Waals surface area contributed by atoms with Gasteiger partial charge in [-0.2, -0.15) is 0 Å². The molecular formula is C19H23NO5. The van der Waals surface area contributed by atoms with Gasteiger partial charge in [0.05, 0.1) is 30.9 Å². The van der Waals surface area contributed by atoms with Crippen LogP contribution in [-0.4, -0.2) is 36.3 Å². The normalized spacial score (nSPS) is 27.4. The van der Waals surface area contributed by atoms with Gasteiger partial charge < -0.3 is 19.9 Å². The van der Waals surface area contributed by atoms with Crippen molar-refractivity contribution in [3.8, 4) is 5.75 Å². The fourth-order valence-corrected chi connectivity index (χ4v) is 3.40. The standard InChI is InChI=1S/C19H23NO5/c1-19(2,3)10-5-6-12(24-4)11(9-10)20-17(21)15-13-7-8-14(25-13)16(15)18(22)23/h5-9,13-16H,1-4H3,(H,20,21)(H,22,23)/t13-,14+,15+,16-/m0/s1. The summed E-state index contributed by atoms with van der Waals surface area (Å²) in [5.41, 5.74) is 1.49. The molecule has 1 fully saturated rings. The largest absolute Gasteiger partial charge is 0.495 e. The number of fused-ring (bicyclic) bond motifs is 2. The van der Waals surface area contributed by atoms with E-state index in [1.54, 1.807) is 12.2 Å². The molecule has 2 aliphatic rings. The molecule has 2 bridgehead atoms. The Morgan fingerprint density at radius 1 is 1.16 bits per heavy atom. The van der Waals surface area contributed by atoms with E-state index in [4.69, 9.17) is 9.47 Å². The third-order valence-electron chi connectivity index (χ3n) is 4.81. The molecule has 134 valence electrons. The van der Waals surface area contributed by atoms with Crippen LogP contribution in [0, 0.1) is 11.8 Å². The molecule has 3 rings (SSSR count). The molecule has 1 aromatic rings. The van der Waals surface area contributed by atoms with Crippen LogP contribution in [0.4, 0.5) is 5.69 Å². The van der Waals surface area contributed by atoms with Crippen molar-refractivity contribution < 1.29 is 24.2 Å². The van der Waals surface area contributed by atoms with Crippen molar-refractivity contribution >= 4 is 17.6 Å². The first kappa shape index (κ1) is 17.5. The molecule has 0 unspecified atom stereocenters. The van der Waals surface area contributed by atoms with Gasteiger partial charge in [-0.05, 0) is 23.1 Å². The molecule has 2 heterocycles. The van der Waals surface area contributed by atoms with Gasteiger partial charge in [0.1, 0.15) is 11.7 Å². The Balaban J connectivity index is 1.88. The molecule has 25 heavy (non-hydrogen) atoms. The van der Waals surface area contributed by atoms with Crippen LogP contribution in [0.25, 0.3) is 0 Å². The van der Waals surface area contributed by atoms with Gasteiger partial charge in [-0.1, -0.05) is 39.0 Å². The summed E-state index contributed by atoms with van der Waals surface area (Å²) in [7, 11) is 1.53. The Hall–Kier alpha value is -2.34. The van der Waals surface area contributed by atoms with Crippen LogP contribution >= 0.6 is 0 Å². The van der Waals surface area contributed by atoms with Gasteiger partial charge >= 0.3 is 5.97 Å². The number of nitrogens with one attached hydrogen (secondary N) is 1. The molecule has 1 aromatic carbocycles. The molecule has 1 amide bonds. The van der Waals surface area contributed by atoms with Crippen molar-refractivity contribution in [2.45, 2.75) is 38.4 Å². The summed E-state index contributed by atoms with van der Waals surface area (Å²) < 4.78 is 10.9. The Kier molecular flexibility index (Phi) is 4.33. The number of benzene rings is 1. The molecule has 0 spiro atoms. The molecule has 2 aliphatic heterocycles. The minimum Gasteiger partial charge on any atom is -0.495 e. The molecule has 6 nitrogen and oxygen atoms in total. The second-order valence-electron chi connectivity index (χ2n) is 7.49. The van der Waals surface area contributed by atoms with Crippen LogP contribution in [0.15, 0.2) is 30.4 Å². The van der Waals surface area contributed by atoms with Gasteiger partial charge in [-0.3, -0.25) is 9.59 Å². The highest BCUT2D eigenvalue weighted by molar-refractivity contribution is 5.97. The van der Waals surface area contributed by atoms with E-state index in [0.717, 1.165) is 5.56 Å². The van der Waals surface area contributed by atoms with E-state index >= 15 is 0 Å². The zero-order chi connectivity index (χ0) is 18.4. The first-order chi connectivity index (χ1) is 11.7. The van der Waals surface area contributed by atoms with Crippen molar-refractivity contribution in [1.82, 2.24) is 0 Å². The van der Waals surface area contributed by atoms with E-state index in [1.165, 1.54) is 7.11 Å². The van der Waals surface area contributed by atoms with E-state index in [2.05, 4.69) is 26.1 Å². The Morgan fingerprint density at radius 2 is 1.80 bits per heavy atom. The van der Waals surface area contributed by atoms with E-state index in [0.29, 0.717) is 11.4 Å². The predicted molar refractivity (Wildman–Crippen MR) is 92.7 cm³/mol. The lowest BCUT2D eigenvalue weighted by molar-refractivity contribution is -0.145. The zero-order valence-corrected chi connectivity index (χ0v) is 14.8. The molecule has 0 aliphatic carbocycles.